The lowest BCUT2D eigenvalue weighted by Gasteiger charge is -2.22. The molecule has 0 saturated carbocycles. The van der Waals surface area contributed by atoms with E-state index in [1.807, 2.05) is 0 Å². The summed E-state index contributed by atoms with van der Waals surface area (Å²) in [5.41, 5.74) is 0. The van der Waals surface area contributed by atoms with Crippen molar-refractivity contribution in [3.8, 4) is 0 Å². The Morgan fingerprint density at radius 1 is 1.26 bits per heavy atom. The van der Waals surface area contributed by atoms with Gasteiger partial charge >= 0.3 is 6.09 Å². The standard InChI is InChI=1S/C14H25NO4/c1-2-3-4-5-6-7-11-18-14(17)15-10-8-9-13(15)19-12-16/h12-13H,2-11H2,1H3. The van der Waals surface area contributed by atoms with E-state index < -0.39 is 6.23 Å². The van der Waals surface area contributed by atoms with Gasteiger partial charge in [0.05, 0.1) is 6.61 Å². The Kier molecular flexibility index (Phi) is 8.02. The quantitative estimate of drug-likeness (QED) is 0.477. The fraction of sp³-hybridized carbons (Fsp3) is 0.857. The molecule has 0 aromatic carbocycles. The van der Waals surface area contributed by atoms with Gasteiger partial charge in [0.1, 0.15) is 0 Å². The molecule has 0 aromatic heterocycles. The van der Waals surface area contributed by atoms with Gasteiger partial charge in [0.15, 0.2) is 6.23 Å². The predicted octanol–water partition coefficient (Wildman–Crippen LogP) is 3.08. The molecule has 1 fully saturated rings. The molecule has 19 heavy (non-hydrogen) atoms. The maximum absolute atomic E-state index is 11.8. The molecule has 1 aliphatic rings. The highest BCUT2D eigenvalue weighted by molar-refractivity contribution is 5.68. The van der Waals surface area contributed by atoms with E-state index in [2.05, 4.69) is 6.92 Å². The summed E-state index contributed by atoms with van der Waals surface area (Å²) in [6.07, 6.45) is 7.73. The van der Waals surface area contributed by atoms with Gasteiger partial charge in [0.2, 0.25) is 0 Å². The smallest absolute Gasteiger partial charge is 0.412 e. The van der Waals surface area contributed by atoms with Gasteiger partial charge in [-0.05, 0) is 12.8 Å². The lowest BCUT2D eigenvalue weighted by Crippen LogP contribution is -2.37. The van der Waals surface area contributed by atoms with E-state index in [9.17, 15) is 9.59 Å². The number of unbranched alkanes of at least 4 members (excludes halogenated alkanes) is 5. The van der Waals surface area contributed by atoms with E-state index in [0.29, 0.717) is 26.0 Å². The molecule has 1 heterocycles. The van der Waals surface area contributed by atoms with Gasteiger partial charge in [-0.2, -0.15) is 0 Å². The monoisotopic (exact) mass is 271 g/mol. The molecule has 1 saturated heterocycles. The van der Waals surface area contributed by atoms with Gasteiger partial charge in [0.25, 0.3) is 6.47 Å². The first-order chi connectivity index (χ1) is 9.29. The van der Waals surface area contributed by atoms with Crippen LogP contribution in [0.5, 0.6) is 0 Å². The predicted molar refractivity (Wildman–Crippen MR) is 71.6 cm³/mol. The van der Waals surface area contributed by atoms with Crippen LogP contribution in [0, 0.1) is 0 Å². The van der Waals surface area contributed by atoms with Crippen molar-refractivity contribution >= 4 is 12.6 Å². The third kappa shape index (κ3) is 5.94. The molecular weight excluding hydrogens is 246 g/mol. The van der Waals surface area contributed by atoms with Gasteiger partial charge in [-0.15, -0.1) is 0 Å². The fourth-order valence-electron chi connectivity index (χ4n) is 2.28. The van der Waals surface area contributed by atoms with Crippen molar-refractivity contribution in [1.82, 2.24) is 4.90 Å². The first-order valence-corrected chi connectivity index (χ1v) is 7.32. The zero-order valence-corrected chi connectivity index (χ0v) is 11.8. The van der Waals surface area contributed by atoms with Crippen LogP contribution in [0.25, 0.3) is 0 Å². The number of hydrogen-bond acceptors (Lipinski definition) is 4. The van der Waals surface area contributed by atoms with Crippen LogP contribution in [0.1, 0.15) is 58.3 Å². The third-order valence-corrected chi connectivity index (χ3v) is 3.37. The normalized spacial score (nSPS) is 18.4. The highest BCUT2D eigenvalue weighted by atomic mass is 16.6. The van der Waals surface area contributed by atoms with Gasteiger partial charge in [0, 0.05) is 13.0 Å². The Bertz CT molecular complexity index is 270. The van der Waals surface area contributed by atoms with Crippen molar-refractivity contribution in [3.05, 3.63) is 0 Å². The number of amides is 1. The van der Waals surface area contributed by atoms with Gasteiger partial charge in [-0.25, -0.2) is 4.79 Å². The molecule has 1 unspecified atom stereocenters. The van der Waals surface area contributed by atoms with Crippen LogP contribution in [-0.2, 0) is 14.3 Å². The number of ether oxygens (including phenoxy) is 2. The Balaban J connectivity index is 2.08. The lowest BCUT2D eigenvalue weighted by atomic mass is 10.1. The second-order valence-electron chi connectivity index (χ2n) is 4.90. The number of hydrogen-bond donors (Lipinski definition) is 0. The molecule has 0 spiro atoms. The number of rotatable bonds is 9. The Hall–Kier alpha value is -1.26. The fourth-order valence-corrected chi connectivity index (χ4v) is 2.28. The van der Waals surface area contributed by atoms with Crippen molar-refractivity contribution in [2.75, 3.05) is 13.2 Å². The largest absolute Gasteiger partial charge is 0.449 e. The molecule has 0 bridgehead atoms. The summed E-state index contributed by atoms with van der Waals surface area (Å²) in [6, 6.07) is 0. The molecule has 0 radical (unpaired) electrons. The third-order valence-electron chi connectivity index (χ3n) is 3.37. The van der Waals surface area contributed by atoms with Crippen molar-refractivity contribution in [2.45, 2.75) is 64.5 Å². The van der Waals surface area contributed by atoms with E-state index in [1.165, 1.54) is 30.6 Å². The minimum Gasteiger partial charge on any atom is -0.449 e. The zero-order valence-electron chi connectivity index (χ0n) is 11.8. The molecule has 0 N–H and O–H groups in total. The second kappa shape index (κ2) is 9.64. The number of carbonyl (C=O) groups excluding carboxylic acids is 2. The summed E-state index contributed by atoms with van der Waals surface area (Å²) in [4.78, 5) is 23.6. The van der Waals surface area contributed by atoms with Crippen molar-refractivity contribution in [3.63, 3.8) is 0 Å². The van der Waals surface area contributed by atoms with E-state index in [0.717, 1.165) is 19.3 Å². The maximum Gasteiger partial charge on any atom is 0.412 e. The molecule has 0 aliphatic carbocycles. The zero-order chi connectivity index (χ0) is 13.9. The van der Waals surface area contributed by atoms with Crippen LogP contribution in [-0.4, -0.2) is 36.8 Å². The van der Waals surface area contributed by atoms with Gasteiger partial charge in [-0.1, -0.05) is 39.0 Å². The highest BCUT2D eigenvalue weighted by Crippen LogP contribution is 2.18. The molecule has 5 heteroatoms. The summed E-state index contributed by atoms with van der Waals surface area (Å²) in [5, 5.41) is 0. The molecule has 110 valence electrons. The van der Waals surface area contributed by atoms with Crippen LogP contribution in [0.15, 0.2) is 0 Å². The average molecular weight is 271 g/mol. The van der Waals surface area contributed by atoms with Crippen LogP contribution in [0.3, 0.4) is 0 Å². The van der Waals surface area contributed by atoms with Gasteiger partial charge in [-0.3, -0.25) is 9.69 Å². The number of carbonyl (C=O) groups is 2. The number of nitrogens with zero attached hydrogens (tertiary/aromatic N) is 1. The van der Waals surface area contributed by atoms with Crippen LogP contribution >= 0.6 is 0 Å². The Morgan fingerprint density at radius 2 is 2.00 bits per heavy atom. The van der Waals surface area contributed by atoms with E-state index >= 15 is 0 Å². The topological polar surface area (TPSA) is 55.8 Å². The minimum absolute atomic E-state index is 0.363. The van der Waals surface area contributed by atoms with E-state index in [4.69, 9.17) is 9.47 Å². The second-order valence-corrected chi connectivity index (χ2v) is 4.90. The molecule has 0 aromatic rings. The molecular formula is C14H25NO4. The first kappa shape index (κ1) is 15.8. The minimum atomic E-state index is -0.436. The lowest BCUT2D eigenvalue weighted by molar-refractivity contribution is -0.139. The van der Waals surface area contributed by atoms with E-state index in [1.54, 1.807) is 0 Å². The SMILES string of the molecule is CCCCCCCCOC(=O)N1CCCC1OC=O. The first-order valence-electron chi connectivity index (χ1n) is 7.32. The molecule has 1 amide bonds. The van der Waals surface area contributed by atoms with E-state index in [-0.39, 0.29) is 6.09 Å². The van der Waals surface area contributed by atoms with Crippen LogP contribution < -0.4 is 0 Å². The maximum atomic E-state index is 11.8. The van der Waals surface area contributed by atoms with Crippen molar-refractivity contribution in [1.29, 1.82) is 0 Å². The Labute approximate surface area is 115 Å². The molecule has 1 rings (SSSR count). The summed E-state index contributed by atoms with van der Waals surface area (Å²) in [7, 11) is 0. The molecule has 1 atom stereocenters. The number of likely N-dealkylation sites (tertiary alicyclic amines) is 1. The van der Waals surface area contributed by atoms with Crippen molar-refractivity contribution < 1.29 is 19.1 Å². The molecule has 5 nitrogen and oxygen atoms in total. The van der Waals surface area contributed by atoms with Crippen LogP contribution in [0.4, 0.5) is 4.79 Å². The summed E-state index contributed by atoms with van der Waals surface area (Å²) >= 11 is 0. The summed E-state index contributed by atoms with van der Waals surface area (Å²) in [5.74, 6) is 0. The summed E-state index contributed by atoms with van der Waals surface area (Å²) < 4.78 is 10.1. The average Bonchev–Trinajstić information content (AvgIpc) is 2.86. The summed E-state index contributed by atoms with van der Waals surface area (Å²) in [6.45, 7) is 3.64. The molecule has 1 aliphatic heterocycles. The van der Waals surface area contributed by atoms with Gasteiger partial charge < -0.3 is 9.47 Å². The van der Waals surface area contributed by atoms with Crippen molar-refractivity contribution in [2.24, 2.45) is 0 Å². The Morgan fingerprint density at radius 3 is 2.74 bits per heavy atom. The van der Waals surface area contributed by atoms with Crippen LogP contribution in [0.2, 0.25) is 0 Å². The highest BCUT2D eigenvalue weighted by Gasteiger charge is 2.30.